The van der Waals surface area contributed by atoms with E-state index in [4.69, 9.17) is 10.7 Å². The summed E-state index contributed by atoms with van der Waals surface area (Å²) in [5, 5.41) is 0. The Labute approximate surface area is 144 Å². The Morgan fingerprint density at radius 2 is 1.75 bits per heavy atom. The van der Waals surface area contributed by atoms with Crippen LogP contribution in [0, 0.1) is 5.82 Å². The number of hydrogen-bond acceptors (Lipinski definition) is 5. The first-order valence-electron chi connectivity index (χ1n) is 6.52. The van der Waals surface area contributed by atoms with Crippen LogP contribution >= 0.6 is 22.6 Å². The lowest BCUT2D eigenvalue weighted by atomic mass is 10.3. The quantitative estimate of drug-likeness (QED) is 0.438. The smallest absolute Gasteiger partial charge is 0.332 e. The second-order valence-corrected chi connectivity index (χ2v) is 8.55. The predicted molar refractivity (Wildman–Crippen MR) is 79.5 cm³/mol. The fourth-order valence-corrected chi connectivity index (χ4v) is 3.87. The van der Waals surface area contributed by atoms with Crippen LogP contribution in [0.1, 0.15) is 0 Å². The first-order chi connectivity index (χ1) is 11.0. The fraction of sp³-hybridized carbons (Fsp3) is 0.417. The summed E-state index contributed by atoms with van der Waals surface area (Å²) in [5.74, 6) is -2.89. The first-order valence-corrected chi connectivity index (χ1v) is 9.60. The lowest BCUT2D eigenvalue weighted by Gasteiger charge is -2.34. The minimum absolute atomic E-state index is 0.109. The molecule has 5 nitrogen and oxygen atoms in total. The molecule has 1 aromatic carbocycles. The van der Waals surface area contributed by atoms with E-state index in [9.17, 15) is 30.8 Å². The Bertz CT molecular complexity index is 734. The van der Waals surface area contributed by atoms with Crippen LogP contribution in [-0.2, 0) is 13.8 Å². The van der Waals surface area contributed by atoms with Gasteiger partial charge in [0.2, 0.25) is 0 Å². The number of nitrogens with zero attached hydrogens (tertiary/aromatic N) is 2. The molecule has 134 valence electrons. The topological polar surface area (TPSA) is 57.7 Å². The van der Waals surface area contributed by atoms with Gasteiger partial charge in [-0.3, -0.25) is 4.79 Å². The molecule has 0 radical (unpaired) electrons. The number of alkyl halides is 3. The minimum Gasteiger partial charge on any atom is -0.332 e. The summed E-state index contributed by atoms with van der Waals surface area (Å²) >= 11 is 1.06. The molecule has 0 saturated carbocycles. The summed E-state index contributed by atoms with van der Waals surface area (Å²) in [5.41, 5.74) is 0. The second kappa shape index (κ2) is 7.06. The van der Waals surface area contributed by atoms with Crippen LogP contribution in [-0.4, -0.2) is 55.9 Å². The number of rotatable bonds is 3. The van der Waals surface area contributed by atoms with E-state index in [-0.39, 0.29) is 26.2 Å². The van der Waals surface area contributed by atoms with Gasteiger partial charge in [0.1, 0.15) is 10.7 Å². The van der Waals surface area contributed by atoms with Crippen molar-refractivity contribution in [3.8, 4) is 0 Å². The van der Waals surface area contributed by atoms with Crippen molar-refractivity contribution < 1.29 is 30.8 Å². The molecule has 1 aliphatic heterocycles. The van der Waals surface area contributed by atoms with Crippen LogP contribution in [0.4, 0.5) is 17.6 Å². The molecule has 0 aliphatic carbocycles. The zero-order valence-electron chi connectivity index (χ0n) is 11.9. The second-order valence-electron chi connectivity index (χ2n) is 4.84. The SMILES string of the molecule is O=C(N1CCN(Sc2ccc(S(=O)(=O)Cl)c(F)c2)CC1)C(F)(F)F. The molecular weight excluding hydrogens is 396 g/mol. The number of carbonyl (C=O) groups excluding carboxylic acids is 1. The maximum atomic E-state index is 13.7. The number of halogens is 5. The summed E-state index contributed by atoms with van der Waals surface area (Å²) in [7, 11) is 0.886. The van der Waals surface area contributed by atoms with E-state index in [1.54, 1.807) is 4.31 Å². The number of hydrogen-bond donors (Lipinski definition) is 0. The highest BCUT2D eigenvalue weighted by Crippen LogP contribution is 2.29. The standard InChI is InChI=1S/C12H11ClF4N2O3S2/c13-24(21,22)10-2-1-8(7-9(10)14)23-19-5-3-18(4-6-19)11(20)12(15,16)17/h1-2,7H,3-6H2. The average Bonchev–Trinajstić information content (AvgIpc) is 2.45. The Hall–Kier alpha value is -1.04. The van der Waals surface area contributed by atoms with Gasteiger partial charge in [-0.05, 0) is 30.1 Å². The molecule has 1 saturated heterocycles. The molecule has 1 amide bonds. The van der Waals surface area contributed by atoms with Crippen LogP contribution < -0.4 is 0 Å². The summed E-state index contributed by atoms with van der Waals surface area (Å²) < 4.78 is 74.6. The van der Waals surface area contributed by atoms with Gasteiger partial charge in [0.25, 0.3) is 9.05 Å². The van der Waals surface area contributed by atoms with E-state index < -0.39 is 31.8 Å². The molecule has 0 aromatic heterocycles. The molecule has 0 N–H and O–H groups in total. The zero-order valence-corrected chi connectivity index (χ0v) is 14.3. The minimum atomic E-state index is -4.90. The van der Waals surface area contributed by atoms with Gasteiger partial charge in [-0.2, -0.15) is 13.2 Å². The van der Waals surface area contributed by atoms with Gasteiger partial charge in [0.05, 0.1) is 0 Å². The van der Waals surface area contributed by atoms with Crippen molar-refractivity contribution in [1.29, 1.82) is 0 Å². The zero-order chi connectivity index (χ0) is 18.1. The Balaban J connectivity index is 1.97. The normalized spacial score (nSPS) is 17.1. The molecule has 1 aliphatic rings. The van der Waals surface area contributed by atoms with Gasteiger partial charge in [-0.1, -0.05) is 0 Å². The van der Waals surface area contributed by atoms with Gasteiger partial charge in [-0.25, -0.2) is 17.1 Å². The molecule has 0 atom stereocenters. The lowest BCUT2D eigenvalue weighted by molar-refractivity contribution is -0.186. The highest BCUT2D eigenvalue weighted by Gasteiger charge is 2.43. The van der Waals surface area contributed by atoms with E-state index in [1.807, 2.05) is 0 Å². The van der Waals surface area contributed by atoms with Gasteiger partial charge >= 0.3 is 12.1 Å². The van der Waals surface area contributed by atoms with E-state index in [1.165, 1.54) is 6.07 Å². The van der Waals surface area contributed by atoms with Gasteiger partial charge in [-0.15, -0.1) is 0 Å². The van der Waals surface area contributed by atoms with Gasteiger partial charge in [0, 0.05) is 41.8 Å². The van der Waals surface area contributed by atoms with Crippen LogP contribution in [0.5, 0.6) is 0 Å². The van der Waals surface area contributed by atoms with Crippen molar-refractivity contribution >= 4 is 37.6 Å². The van der Waals surface area contributed by atoms with E-state index in [0.29, 0.717) is 9.80 Å². The highest BCUT2D eigenvalue weighted by molar-refractivity contribution is 8.13. The summed E-state index contributed by atoms with van der Waals surface area (Å²) in [6.07, 6.45) is -4.90. The molecular formula is C12H11ClF4N2O3S2. The summed E-state index contributed by atoms with van der Waals surface area (Å²) in [6.45, 7) is 0.0945. The third-order valence-corrected chi connectivity index (χ3v) is 5.61. The van der Waals surface area contributed by atoms with Crippen molar-refractivity contribution in [1.82, 2.24) is 9.21 Å². The molecule has 2 rings (SSSR count). The summed E-state index contributed by atoms with van der Waals surface area (Å²) in [4.78, 5) is 11.5. The molecule has 0 spiro atoms. The van der Waals surface area contributed by atoms with Crippen LogP contribution in [0.15, 0.2) is 28.0 Å². The third-order valence-electron chi connectivity index (χ3n) is 3.17. The average molecular weight is 407 g/mol. The molecule has 1 fully saturated rings. The number of benzene rings is 1. The Kier molecular flexibility index (Phi) is 5.68. The van der Waals surface area contributed by atoms with Crippen LogP contribution in [0.2, 0.25) is 0 Å². The molecule has 1 heterocycles. The Morgan fingerprint density at radius 1 is 1.17 bits per heavy atom. The number of piperazine rings is 1. The van der Waals surface area contributed by atoms with E-state index >= 15 is 0 Å². The van der Waals surface area contributed by atoms with Crippen molar-refractivity contribution in [3.63, 3.8) is 0 Å². The lowest BCUT2D eigenvalue weighted by Crippen LogP contribution is -2.50. The van der Waals surface area contributed by atoms with Crippen molar-refractivity contribution in [2.24, 2.45) is 0 Å². The van der Waals surface area contributed by atoms with E-state index in [2.05, 4.69) is 0 Å². The van der Waals surface area contributed by atoms with Crippen molar-refractivity contribution in [3.05, 3.63) is 24.0 Å². The summed E-state index contributed by atoms with van der Waals surface area (Å²) in [6, 6.07) is 3.34. The number of carbonyl (C=O) groups is 1. The molecule has 24 heavy (non-hydrogen) atoms. The van der Waals surface area contributed by atoms with E-state index in [0.717, 1.165) is 24.1 Å². The molecule has 1 aromatic rings. The maximum absolute atomic E-state index is 13.7. The van der Waals surface area contributed by atoms with Gasteiger partial charge in [0.15, 0.2) is 0 Å². The molecule has 0 bridgehead atoms. The Morgan fingerprint density at radius 3 is 2.21 bits per heavy atom. The fourth-order valence-electron chi connectivity index (χ4n) is 2.05. The van der Waals surface area contributed by atoms with Gasteiger partial charge < -0.3 is 4.90 Å². The largest absolute Gasteiger partial charge is 0.471 e. The predicted octanol–water partition coefficient (Wildman–Crippen LogP) is 2.47. The maximum Gasteiger partial charge on any atom is 0.471 e. The highest BCUT2D eigenvalue weighted by atomic mass is 35.7. The van der Waals surface area contributed by atoms with Crippen molar-refractivity contribution in [2.75, 3.05) is 26.2 Å². The third kappa shape index (κ3) is 4.74. The van der Waals surface area contributed by atoms with Crippen LogP contribution in [0.3, 0.4) is 0 Å². The monoisotopic (exact) mass is 406 g/mol. The number of amides is 1. The first kappa shape index (κ1) is 19.3. The molecule has 0 unspecified atom stereocenters. The van der Waals surface area contributed by atoms with Crippen molar-refractivity contribution in [2.45, 2.75) is 16.0 Å². The molecule has 12 heteroatoms. The van der Waals surface area contributed by atoms with Crippen LogP contribution in [0.25, 0.3) is 0 Å².